The van der Waals surface area contributed by atoms with Crippen molar-refractivity contribution in [1.29, 1.82) is 0 Å². The quantitative estimate of drug-likeness (QED) is 0.0471. The minimum absolute atomic E-state index is 0.0604. The Bertz CT molecular complexity index is 3170. The van der Waals surface area contributed by atoms with Crippen molar-refractivity contribution in [3.8, 4) is 17.2 Å². The lowest BCUT2D eigenvalue weighted by Crippen LogP contribution is -2.40. The number of nitrogens with one attached hydrogen (secondary N) is 2. The van der Waals surface area contributed by atoms with Crippen LogP contribution in [0.1, 0.15) is 134 Å². The summed E-state index contributed by atoms with van der Waals surface area (Å²) in [5.74, 6) is 0.779. The van der Waals surface area contributed by atoms with Crippen molar-refractivity contribution in [1.82, 2.24) is 5.32 Å². The van der Waals surface area contributed by atoms with Gasteiger partial charge in [0.15, 0.2) is 17.3 Å². The van der Waals surface area contributed by atoms with Gasteiger partial charge in [-0.05, 0) is 142 Å². The minimum atomic E-state index is -0.788. The molecule has 0 radical (unpaired) electrons. The van der Waals surface area contributed by atoms with Crippen molar-refractivity contribution >= 4 is 85.7 Å². The minimum Gasteiger partial charge on any atom is -0.493 e. The van der Waals surface area contributed by atoms with E-state index in [1.807, 2.05) is 103 Å². The zero-order valence-corrected chi connectivity index (χ0v) is 47.2. The van der Waals surface area contributed by atoms with E-state index in [-0.39, 0.29) is 78.1 Å². The molecule has 2 N–H and O–H groups in total. The van der Waals surface area contributed by atoms with Gasteiger partial charge < -0.3 is 29.7 Å². The second-order valence-electron chi connectivity index (χ2n) is 21.5. The number of benzene rings is 5. The molecule has 408 valence electrons. The lowest BCUT2D eigenvalue weighted by molar-refractivity contribution is -0.129. The average Bonchev–Trinajstić information content (AvgIpc) is 3.99. The number of carbonyl (C=O) groups excluding carboxylic acids is 6. The summed E-state index contributed by atoms with van der Waals surface area (Å²) < 4.78 is 18.7. The number of aliphatic imine (C=N–C) groups is 1. The van der Waals surface area contributed by atoms with Gasteiger partial charge in [0.25, 0.3) is 11.8 Å². The zero-order valence-electron chi connectivity index (χ0n) is 45.6. The Morgan fingerprint density at radius 2 is 1.47 bits per heavy atom. The second kappa shape index (κ2) is 24.4. The number of amides is 4. The second-order valence-corrected chi connectivity index (χ2v) is 24.6. The van der Waals surface area contributed by atoms with E-state index < -0.39 is 12.0 Å². The summed E-state index contributed by atoms with van der Waals surface area (Å²) in [7, 11) is 4.96. The summed E-state index contributed by atoms with van der Waals surface area (Å²) in [6.07, 6.45) is 7.54. The first-order valence-electron chi connectivity index (χ1n) is 27.1. The molecular weight excluding hydrogens is 1020 g/mol. The summed E-state index contributed by atoms with van der Waals surface area (Å²) in [5, 5.41) is 5.86. The van der Waals surface area contributed by atoms with Crippen molar-refractivity contribution in [2.75, 3.05) is 28.0 Å². The molecule has 16 heteroatoms. The summed E-state index contributed by atoms with van der Waals surface area (Å²) >= 11 is 0. The highest BCUT2D eigenvalue weighted by Crippen LogP contribution is 2.43. The van der Waals surface area contributed by atoms with Crippen molar-refractivity contribution in [3.63, 3.8) is 0 Å². The first-order chi connectivity index (χ1) is 37.5. The molecule has 4 heterocycles. The number of nitrogens with zero attached hydrogens (tertiary/aromatic N) is 3. The first-order valence-corrected chi connectivity index (χ1v) is 29.4. The standard InChI is InChI=1S/C62H69N5O9S2/c1-8-48(68)16-13-23-77-78-62(5,6)22-21-58(70)64-39(4)54(69)25-38(3)59(71)65-45-27-40(35-75-55-33-51-50(24-37(55)2)61(73)67-47(34-63-51)30-44-15-10-12-18-53(44)67)26-41(28-45)36-76-57-31-42-19-20-46-29-43-14-9-11-17-52(43)66(46)60(72)49(42)32-56(57)74-7/h9-12,14-15,17-18,24,26-28,31-34,38-39,46-47H,8,13,16,19-23,25,29-30,35-36H2,1-7H3,(H,64,70)(H,65,71)/t38-,39-,46+,47-/m0/s1. The van der Waals surface area contributed by atoms with Gasteiger partial charge >= 0.3 is 0 Å². The van der Waals surface area contributed by atoms with Crippen LogP contribution >= 0.6 is 21.6 Å². The monoisotopic (exact) mass is 1090 g/mol. The number of para-hydroxylation sites is 2. The van der Waals surface area contributed by atoms with Crippen LogP contribution in [0.25, 0.3) is 0 Å². The molecule has 0 saturated carbocycles. The van der Waals surface area contributed by atoms with Crippen LogP contribution in [0.4, 0.5) is 22.7 Å². The van der Waals surface area contributed by atoms with Gasteiger partial charge in [-0.2, -0.15) is 0 Å². The van der Waals surface area contributed by atoms with Crippen molar-refractivity contribution in [2.45, 2.75) is 142 Å². The number of aryl methyl sites for hydroxylation is 2. The molecule has 4 amide bonds. The third-order valence-electron chi connectivity index (χ3n) is 15.0. The molecule has 0 unspecified atom stereocenters. The molecule has 0 aliphatic carbocycles. The van der Waals surface area contributed by atoms with E-state index in [0.29, 0.717) is 83.0 Å². The van der Waals surface area contributed by atoms with Crippen LogP contribution in [0.5, 0.6) is 17.2 Å². The molecule has 9 rings (SSSR count). The molecule has 5 aromatic carbocycles. The largest absolute Gasteiger partial charge is 0.493 e. The number of hydrogen-bond donors (Lipinski definition) is 2. The Morgan fingerprint density at radius 1 is 0.795 bits per heavy atom. The predicted molar refractivity (Wildman–Crippen MR) is 310 cm³/mol. The van der Waals surface area contributed by atoms with E-state index in [1.165, 1.54) is 5.56 Å². The normalized spacial score (nSPS) is 16.8. The van der Waals surface area contributed by atoms with Crippen LogP contribution in [0, 0.1) is 12.8 Å². The molecule has 0 aromatic heterocycles. The van der Waals surface area contributed by atoms with Gasteiger partial charge in [0.1, 0.15) is 24.7 Å². The van der Waals surface area contributed by atoms with E-state index in [2.05, 4.69) is 30.5 Å². The van der Waals surface area contributed by atoms with E-state index >= 15 is 0 Å². The Labute approximate surface area is 465 Å². The van der Waals surface area contributed by atoms with Crippen LogP contribution in [-0.2, 0) is 51.7 Å². The summed E-state index contributed by atoms with van der Waals surface area (Å²) in [6.45, 7) is 11.4. The SMILES string of the molecule is CCC(=O)CCCSSC(C)(C)CCC(=O)N[C@@H](C)C(=O)C[C@H](C)C(=O)Nc1cc(COc2cc3c(cc2C)C(=O)N2c4ccccc4C[C@H]2C=N3)cc(COc2cc3c(cc2OC)C(=O)N2c4ccccc4C[C@H]2CC3)c1. The third kappa shape index (κ3) is 12.8. The molecule has 14 nitrogen and oxygen atoms in total. The fourth-order valence-electron chi connectivity index (χ4n) is 10.6. The van der Waals surface area contributed by atoms with E-state index in [0.717, 1.165) is 53.1 Å². The smallest absolute Gasteiger partial charge is 0.261 e. The fraction of sp³-hybridized carbons (Fsp3) is 0.403. The molecule has 0 fully saturated rings. The fourth-order valence-corrected chi connectivity index (χ4v) is 13.3. The van der Waals surface area contributed by atoms with Crippen molar-refractivity contribution in [3.05, 3.63) is 136 Å². The summed E-state index contributed by atoms with van der Waals surface area (Å²) in [6, 6.07) is 27.9. The number of ketones is 2. The number of ether oxygens (including phenoxy) is 3. The maximum Gasteiger partial charge on any atom is 0.261 e. The highest BCUT2D eigenvalue weighted by Gasteiger charge is 2.39. The van der Waals surface area contributed by atoms with Gasteiger partial charge in [0, 0.05) is 89.5 Å². The predicted octanol–water partition coefficient (Wildman–Crippen LogP) is 11.7. The Morgan fingerprint density at radius 3 is 2.19 bits per heavy atom. The molecule has 4 atom stereocenters. The van der Waals surface area contributed by atoms with Crippen LogP contribution in [0.3, 0.4) is 0 Å². The van der Waals surface area contributed by atoms with Crippen molar-refractivity contribution in [2.24, 2.45) is 10.9 Å². The molecule has 0 bridgehead atoms. The van der Waals surface area contributed by atoms with E-state index in [1.54, 1.807) is 54.7 Å². The molecule has 4 aliphatic heterocycles. The number of anilines is 3. The summed E-state index contributed by atoms with van der Waals surface area (Å²) in [5.41, 5.74) is 9.22. The lowest BCUT2D eigenvalue weighted by atomic mass is 9.99. The van der Waals surface area contributed by atoms with Crippen LogP contribution in [0.15, 0.2) is 96.0 Å². The van der Waals surface area contributed by atoms with E-state index in [9.17, 15) is 28.8 Å². The van der Waals surface area contributed by atoms with Crippen LogP contribution in [0.2, 0.25) is 0 Å². The number of fused-ring (bicyclic) bond motifs is 8. The van der Waals surface area contributed by atoms with Crippen molar-refractivity contribution < 1.29 is 43.0 Å². The number of Topliss-reactive ketones (excluding diaryl/α,β-unsaturated/α-hetero) is 2. The van der Waals surface area contributed by atoms with Gasteiger partial charge in [0.05, 0.1) is 30.4 Å². The number of hydrogen-bond acceptors (Lipinski definition) is 12. The molecule has 78 heavy (non-hydrogen) atoms. The molecular formula is C62H69N5O9S2. The molecule has 4 aliphatic rings. The van der Waals surface area contributed by atoms with Gasteiger partial charge in [-0.3, -0.25) is 38.7 Å². The summed E-state index contributed by atoms with van der Waals surface area (Å²) in [4.78, 5) is 88.8. The number of methoxy groups -OCH3 is 1. The van der Waals surface area contributed by atoms with Gasteiger partial charge in [0.2, 0.25) is 11.8 Å². The van der Waals surface area contributed by atoms with E-state index in [4.69, 9.17) is 19.2 Å². The van der Waals surface area contributed by atoms with Gasteiger partial charge in [-0.15, -0.1) is 0 Å². The zero-order chi connectivity index (χ0) is 55.3. The van der Waals surface area contributed by atoms with Gasteiger partial charge in [-0.25, -0.2) is 0 Å². The number of carbonyl (C=O) groups is 6. The average molecular weight is 1090 g/mol. The van der Waals surface area contributed by atoms with Crippen LogP contribution < -0.4 is 34.6 Å². The molecule has 0 saturated heterocycles. The highest BCUT2D eigenvalue weighted by molar-refractivity contribution is 8.77. The van der Waals surface area contributed by atoms with Crippen LogP contribution in [-0.4, -0.2) is 77.1 Å². The lowest BCUT2D eigenvalue weighted by Gasteiger charge is -2.23. The molecule has 0 spiro atoms. The first kappa shape index (κ1) is 55.8. The maximum absolute atomic E-state index is 14.2. The number of rotatable bonds is 23. The highest BCUT2D eigenvalue weighted by atomic mass is 33.1. The van der Waals surface area contributed by atoms with Gasteiger partial charge in [-0.1, -0.05) is 71.8 Å². The third-order valence-corrected chi connectivity index (χ3v) is 18.5. The Hall–Kier alpha value is -6.91. The Balaban J connectivity index is 0.883. The Kier molecular flexibility index (Phi) is 17.5. The topological polar surface area (TPSA) is 173 Å². The molecule has 5 aromatic rings. The maximum atomic E-state index is 14.2.